The molecule has 1 aromatic rings. The van der Waals surface area contributed by atoms with Crippen molar-refractivity contribution in [1.82, 2.24) is 5.32 Å². The fourth-order valence-electron chi connectivity index (χ4n) is 1.11. The number of nitrogens with two attached hydrogens (primary N) is 1. The first-order valence-electron chi connectivity index (χ1n) is 5.14. The molecule has 0 aromatic heterocycles. The molecule has 0 spiro atoms. The van der Waals surface area contributed by atoms with Gasteiger partial charge in [0, 0.05) is 12.2 Å². The Kier molecular flexibility index (Phi) is 5.98. The summed E-state index contributed by atoms with van der Waals surface area (Å²) in [6.45, 7) is 0.825. The van der Waals surface area contributed by atoms with Crippen molar-refractivity contribution in [3.8, 4) is 0 Å². The van der Waals surface area contributed by atoms with Gasteiger partial charge in [-0.15, -0.1) is 0 Å². The maximum absolute atomic E-state index is 10.4. The normalized spacial score (nSPS) is 9.65. The first kappa shape index (κ1) is 13.4. The molecule has 17 heavy (non-hydrogen) atoms. The van der Waals surface area contributed by atoms with Crippen LogP contribution in [0.3, 0.4) is 0 Å². The fraction of sp³-hybridized carbons (Fsp3) is 0.273. The third-order valence-corrected chi connectivity index (χ3v) is 2.05. The first-order chi connectivity index (χ1) is 8.18. The van der Waals surface area contributed by atoms with Crippen LogP contribution < -0.4 is 16.4 Å². The molecule has 5 nitrogen and oxygen atoms in total. The molecule has 0 saturated heterocycles. The van der Waals surface area contributed by atoms with Gasteiger partial charge in [0.05, 0.1) is 6.61 Å². The van der Waals surface area contributed by atoms with E-state index in [1.165, 1.54) is 0 Å². The minimum atomic E-state index is -0.477. The molecule has 1 rings (SSSR count). The van der Waals surface area contributed by atoms with Gasteiger partial charge in [0.15, 0.2) is 5.11 Å². The lowest BCUT2D eigenvalue weighted by atomic mass is 10.3. The van der Waals surface area contributed by atoms with Crippen molar-refractivity contribution >= 4 is 28.9 Å². The molecule has 0 unspecified atom stereocenters. The Hall–Kier alpha value is -1.66. The highest BCUT2D eigenvalue weighted by Gasteiger charge is 1.97. The summed E-state index contributed by atoms with van der Waals surface area (Å²) in [6.07, 6.45) is 0. The Morgan fingerprint density at radius 2 is 2.06 bits per heavy atom. The predicted octanol–water partition coefficient (Wildman–Crippen LogP) is 0.475. The fourth-order valence-corrected chi connectivity index (χ4v) is 1.33. The largest absolute Gasteiger partial charge is 0.370 e. The van der Waals surface area contributed by atoms with Crippen molar-refractivity contribution in [2.45, 2.75) is 0 Å². The third-order valence-electron chi connectivity index (χ3n) is 1.81. The van der Waals surface area contributed by atoms with Gasteiger partial charge < -0.3 is 21.1 Å². The zero-order valence-electron chi connectivity index (χ0n) is 9.31. The van der Waals surface area contributed by atoms with Gasteiger partial charge in [0.2, 0.25) is 5.91 Å². The smallest absolute Gasteiger partial charge is 0.243 e. The van der Waals surface area contributed by atoms with E-state index in [0.717, 1.165) is 5.69 Å². The molecule has 4 N–H and O–H groups in total. The molecular formula is C11H15N3O2S. The number of primary amides is 1. The third kappa shape index (κ3) is 6.49. The van der Waals surface area contributed by atoms with E-state index < -0.39 is 5.91 Å². The molecule has 0 aliphatic heterocycles. The van der Waals surface area contributed by atoms with Crippen LogP contribution in [-0.2, 0) is 9.53 Å². The van der Waals surface area contributed by atoms with Gasteiger partial charge in [-0.25, -0.2) is 0 Å². The van der Waals surface area contributed by atoms with E-state index in [9.17, 15) is 4.79 Å². The molecule has 6 heteroatoms. The Morgan fingerprint density at radius 1 is 1.35 bits per heavy atom. The van der Waals surface area contributed by atoms with Gasteiger partial charge in [-0.2, -0.15) is 0 Å². The zero-order valence-corrected chi connectivity index (χ0v) is 10.1. The monoisotopic (exact) mass is 253 g/mol. The zero-order chi connectivity index (χ0) is 12.5. The van der Waals surface area contributed by atoms with Crippen LogP contribution in [0.5, 0.6) is 0 Å². The SMILES string of the molecule is NC(=O)COCCNC(=S)Nc1ccccc1. The number of hydrogen-bond donors (Lipinski definition) is 3. The molecule has 0 saturated carbocycles. The summed E-state index contributed by atoms with van der Waals surface area (Å²) in [7, 11) is 0. The number of thiocarbonyl (C=S) groups is 1. The number of rotatable bonds is 6. The average molecular weight is 253 g/mol. The second-order valence-electron chi connectivity index (χ2n) is 3.27. The maximum Gasteiger partial charge on any atom is 0.243 e. The summed E-state index contributed by atoms with van der Waals surface area (Å²) in [5.74, 6) is -0.477. The number of benzene rings is 1. The molecule has 0 aliphatic rings. The van der Waals surface area contributed by atoms with Crippen LogP contribution in [0.1, 0.15) is 0 Å². The van der Waals surface area contributed by atoms with E-state index in [4.69, 9.17) is 22.7 Å². The summed E-state index contributed by atoms with van der Waals surface area (Å²) in [6, 6.07) is 9.59. The second kappa shape index (κ2) is 7.59. The van der Waals surface area contributed by atoms with Gasteiger partial charge >= 0.3 is 0 Å². The average Bonchev–Trinajstić information content (AvgIpc) is 2.29. The standard InChI is InChI=1S/C11H15N3O2S/c12-10(15)8-16-7-6-13-11(17)14-9-4-2-1-3-5-9/h1-5H,6-8H2,(H2,12,15)(H2,13,14,17). The van der Waals surface area contributed by atoms with Crippen LogP contribution in [0, 0.1) is 0 Å². The quantitative estimate of drug-likeness (QED) is 0.507. The molecule has 0 bridgehead atoms. The van der Waals surface area contributed by atoms with E-state index in [0.29, 0.717) is 18.3 Å². The predicted molar refractivity (Wildman–Crippen MR) is 70.7 cm³/mol. The van der Waals surface area contributed by atoms with Crippen molar-refractivity contribution in [2.24, 2.45) is 5.73 Å². The molecule has 92 valence electrons. The second-order valence-corrected chi connectivity index (χ2v) is 3.67. The number of carbonyl (C=O) groups excluding carboxylic acids is 1. The molecule has 0 aliphatic carbocycles. The Morgan fingerprint density at radius 3 is 2.71 bits per heavy atom. The summed E-state index contributed by atoms with van der Waals surface area (Å²) in [5, 5.41) is 6.48. The van der Waals surface area contributed by atoms with Gasteiger partial charge in [-0.1, -0.05) is 18.2 Å². The summed E-state index contributed by atoms with van der Waals surface area (Å²) in [5.41, 5.74) is 5.83. The van der Waals surface area contributed by atoms with Crippen molar-refractivity contribution in [2.75, 3.05) is 25.1 Å². The van der Waals surface area contributed by atoms with Crippen LogP contribution in [0.15, 0.2) is 30.3 Å². The first-order valence-corrected chi connectivity index (χ1v) is 5.55. The van der Waals surface area contributed by atoms with Crippen LogP contribution in [0.2, 0.25) is 0 Å². The molecule has 1 amide bonds. The number of ether oxygens (including phenoxy) is 1. The highest BCUT2D eigenvalue weighted by molar-refractivity contribution is 7.80. The van der Waals surface area contributed by atoms with E-state index in [2.05, 4.69) is 10.6 Å². The van der Waals surface area contributed by atoms with Crippen LogP contribution in [0.25, 0.3) is 0 Å². The molecular weight excluding hydrogens is 238 g/mol. The van der Waals surface area contributed by atoms with E-state index in [1.54, 1.807) is 0 Å². The summed E-state index contributed by atoms with van der Waals surface area (Å²) in [4.78, 5) is 10.4. The summed E-state index contributed by atoms with van der Waals surface area (Å²) < 4.78 is 4.97. The minimum Gasteiger partial charge on any atom is -0.370 e. The van der Waals surface area contributed by atoms with Crippen molar-refractivity contribution in [3.63, 3.8) is 0 Å². The number of amides is 1. The Bertz CT molecular complexity index is 370. The molecule has 0 fully saturated rings. The number of nitrogens with one attached hydrogen (secondary N) is 2. The van der Waals surface area contributed by atoms with Gasteiger partial charge in [0.1, 0.15) is 6.61 Å². The molecule has 1 aromatic carbocycles. The minimum absolute atomic E-state index is 0.0689. The Balaban J connectivity index is 2.12. The molecule has 0 atom stereocenters. The van der Waals surface area contributed by atoms with Gasteiger partial charge in [0.25, 0.3) is 0 Å². The highest BCUT2D eigenvalue weighted by atomic mass is 32.1. The highest BCUT2D eigenvalue weighted by Crippen LogP contribution is 2.03. The van der Waals surface area contributed by atoms with Gasteiger partial charge in [-0.3, -0.25) is 4.79 Å². The number of hydrogen-bond acceptors (Lipinski definition) is 3. The van der Waals surface area contributed by atoms with Crippen LogP contribution >= 0.6 is 12.2 Å². The number of anilines is 1. The van der Waals surface area contributed by atoms with Crippen molar-refractivity contribution in [3.05, 3.63) is 30.3 Å². The topological polar surface area (TPSA) is 76.4 Å². The number of carbonyl (C=O) groups is 1. The van der Waals surface area contributed by atoms with E-state index in [1.807, 2.05) is 30.3 Å². The lowest BCUT2D eigenvalue weighted by molar-refractivity contribution is -0.122. The Labute approximate surface area is 105 Å². The van der Waals surface area contributed by atoms with E-state index in [-0.39, 0.29) is 6.61 Å². The molecule has 0 heterocycles. The lowest BCUT2D eigenvalue weighted by Crippen LogP contribution is -2.32. The summed E-state index contributed by atoms with van der Waals surface area (Å²) >= 11 is 5.07. The van der Waals surface area contributed by atoms with Crippen LogP contribution in [0.4, 0.5) is 5.69 Å². The van der Waals surface area contributed by atoms with Crippen molar-refractivity contribution < 1.29 is 9.53 Å². The van der Waals surface area contributed by atoms with Gasteiger partial charge in [-0.05, 0) is 24.4 Å². The van der Waals surface area contributed by atoms with E-state index >= 15 is 0 Å². The molecule has 0 radical (unpaired) electrons. The van der Waals surface area contributed by atoms with Crippen LogP contribution in [-0.4, -0.2) is 30.8 Å². The maximum atomic E-state index is 10.4. The van der Waals surface area contributed by atoms with Crippen molar-refractivity contribution in [1.29, 1.82) is 0 Å². The number of para-hydroxylation sites is 1. The lowest BCUT2D eigenvalue weighted by Gasteiger charge is -2.10.